The molecule has 0 aliphatic carbocycles. The van der Waals surface area contributed by atoms with Crippen LogP contribution in [0.3, 0.4) is 0 Å². The Morgan fingerprint density at radius 1 is 1.25 bits per heavy atom. The van der Waals surface area contributed by atoms with E-state index in [-0.39, 0.29) is 5.91 Å². The molecule has 1 N–H and O–H groups in total. The van der Waals surface area contributed by atoms with Crippen LogP contribution in [0.25, 0.3) is 10.1 Å². The number of carbonyl (C=O) groups is 1. The summed E-state index contributed by atoms with van der Waals surface area (Å²) in [6.45, 7) is 5.38. The van der Waals surface area contributed by atoms with E-state index < -0.39 is 0 Å². The molecule has 130 valence electrons. The number of nitrogens with one attached hydrogen (secondary N) is 1. The van der Waals surface area contributed by atoms with E-state index >= 15 is 0 Å². The molecule has 1 fully saturated rings. The largest absolute Gasteiger partial charge is 0.379 e. The number of hydrogen-bond donors (Lipinski definition) is 1. The maximum absolute atomic E-state index is 12.3. The summed E-state index contributed by atoms with van der Waals surface area (Å²) in [6, 6.07) is 5.48. The summed E-state index contributed by atoms with van der Waals surface area (Å²) in [4.78, 5) is 15.3. The van der Waals surface area contributed by atoms with Gasteiger partial charge < -0.3 is 10.1 Å². The number of rotatable bonds is 6. The first kappa shape index (κ1) is 18.0. The molecule has 0 saturated carbocycles. The van der Waals surface area contributed by atoms with E-state index in [1.807, 2.05) is 12.1 Å². The smallest absolute Gasteiger partial charge is 0.262 e. The molecule has 1 saturated heterocycles. The normalized spacial score (nSPS) is 15.8. The number of nitrogens with zero attached hydrogens (tertiary/aromatic N) is 1. The van der Waals surface area contributed by atoms with Crippen molar-refractivity contribution in [3.05, 3.63) is 33.1 Å². The second-order valence-corrected chi connectivity index (χ2v) is 7.67. The molecule has 3 rings (SSSR count). The molecule has 7 heteroatoms. The topological polar surface area (TPSA) is 41.6 Å². The second kappa shape index (κ2) is 8.50. The van der Waals surface area contributed by atoms with E-state index in [0.717, 1.165) is 55.8 Å². The summed E-state index contributed by atoms with van der Waals surface area (Å²) in [6.07, 6.45) is 2.02. The highest BCUT2D eigenvalue weighted by Gasteiger charge is 2.17. The van der Waals surface area contributed by atoms with Gasteiger partial charge in [-0.3, -0.25) is 9.69 Å². The zero-order valence-corrected chi connectivity index (χ0v) is 15.6. The lowest BCUT2D eigenvalue weighted by atomic mass is 10.2. The predicted octanol–water partition coefficient (Wildman–Crippen LogP) is 4.05. The Hall–Kier alpha value is -0.850. The lowest BCUT2D eigenvalue weighted by molar-refractivity contribution is 0.0372. The minimum Gasteiger partial charge on any atom is -0.379 e. The lowest BCUT2D eigenvalue weighted by Gasteiger charge is -2.26. The van der Waals surface area contributed by atoms with Crippen molar-refractivity contribution in [2.75, 3.05) is 39.4 Å². The van der Waals surface area contributed by atoms with Crippen LogP contribution in [-0.4, -0.2) is 50.2 Å². The van der Waals surface area contributed by atoms with Crippen LogP contribution in [0.15, 0.2) is 18.2 Å². The number of hydrogen-bond acceptors (Lipinski definition) is 4. The molecule has 1 aliphatic rings. The van der Waals surface area contributed by atoms with Crippen molar-refractivity contribution in [1.29, 1.82) is 0 Å². The van der Waals surface area contributed by atoms with Gasteiger partial charge in [0.15, 0.2) is 0 Å². The average molecular weight is 387 g/mol. The average Bonchev–Trinajstić information content (AvgIpc) is 2.91. The number of amides is 1. The molecule has 1 aromatic heterocycles. The van der Waals surface area contributed by atoms with E-state index in [1.54, 1.807) is 6.07 Å². The first-order chi connectivity index (χ1) is 11.6. The van der Waals surface area contributed by atoms with Gasteiger partial charge in [0.2, 0.25) is 0 Å². The molecule has 0 spiro atoms. The van der Waals surface area contributed by atoms with Gasteiger partial charge in [0.1, 0.15) is 4.88 Å². The van der Waals surface area contributed by atoms with Crippen LogP contribution in [0.5, 0.6) is 0 Å². The third-order valence-electron chi connectivity index (χ3n) is 4.09. The number of halogens is 2. The maximum atomic E-state index is 12.3. The van der Waals surface area contributed by atoms with Crippen molar-refractivity contribution in [2.45, 2.75) is 12.8 Å². The molecule has 0 bridgehead atoms. The number of carbonyl (C=O) groups excluding carboxylic acids is 1. The molecular weight excluding hydrogens is 367 g/mol. The van der Waals surface area contributed by atoms with Gasteiger partial charge in [-0.05, 0) is 31.5 Å². The van der Waals surface area contributed by atoms with Crippen LogP contribution in [-0.2, 0) is 4.74 Å². The number of ether oxygens (including phenoxy) is 1. The summed E-state index contributed by atoms with van der Waals surface area (Å²) in [5, 5.41) is 5.00. The highest BCUT2D eigenvalue weighted by atomic mass is 35.5. The van der Waals surface area contributed by atoms with Crippen molar-refractivity contribution < 1.29 is 9.53 Å². The molecule has 1 aromatic carbocycles. The lowest BCUT2D eigenvalue weighted by Crippen LogP contribution is -2.37. The van der Waals surface area contributed by atoms with Crippen LogP contribution in [0.1, 0.15) is 22.5 Å². The SMILES string of the molecule is O=C(NCCCCN1CCOCC1)c1sc2cc(Cl)ccc2c1Cl. The number of thiophene rings is 1. The van der Waals surface area contributed by atoms with Crippen LogP contribution in [0, 0.1) is 0 Å². The van der Waals surface area contributed by atoms with E-state index in [0.29, 0.717) is 21.5 Å². The number of unbranched alkanes of at least 4 members (excludes halogenated alkanes) is 1. The van der Waals surface area contributed by atoms with E-state index in [4.69, 9.17) is 27.9 Å². The zero-order chi connectivity index (χ0) is 16.9. The highest BCUT2D eigenvalue weighted by molar-refractivity contribution is 7.21. The van der Waals surface area contributed by atoms with Crippen molar-refractivity contribution in [2.24, 2.45) is 0 Å². The summed E-state index contributed by atoms with van der Waals surface area (Å²) in [5.41, 5.74) is 0. The van der Waals surface area contributed by atoms with Gasteiger partial charge in [0, 0.05) is 34.7 Å². The van der Waals surface area contributed by atoms with Gasteiger partial charge >= 0.3 is 0 Å². The summed E-state index contributed by atoms with van der Waals surface area (Å²) in [5.74, 6) is -0.108. The van der Waals surface area contributed by atoms with E-state index in [1.165, 1.54) is 11.3 Å². The Kier molecular flexibility index (Phi) is 6.36. The van der Waals surface area contributed by atoms with Crippen molar-refractivity contribution in [1.82, 2.24) is 10.2 Å². The minimum absolute atomic E-state index is 0.108. The van der Waals surface area contributed by atoms with Crippen LogP contribution >= 0.6 is 34.5 Å². The summed E-state index contributed by atoms with van der Waals surface area (Å²) < 4.78 is 6.27. The summed E-state index contributed by atoms with van der Waals surface area (Å²) >= 11 is 13.7. The summed E-state index contributed by atoms with van der Waals surface area (Å²) in [7, 11) is 0. The van der Waals surface area contributed by atoms with Crippen molar-refractivity contribution in [3.8, 4) is 0 Å². The fraction of sp³-hybridized carbons (Fsp3) is 0.471. The Balaban J connectivity index is 1.47. The Labute approximate surface area is 155 Å². The highest BCUT2D eigenvalue weighted by Crippen LogP contribution is 2.36. The van der Waals surface area contributed by atoms with Gasteiger partial charge in [0.25, 0.3) is 5.91 Å². The molecule has 4 nitrogen and oxygen atoms in total. The minimum atomic E-state index is -0.108. The molecule has 24 heavy (non-hydrogen) atoms. The maximum Gasteiger partial charge on any atom is 0.262 e. The number of fused-ring (bicyclic) bond motifs is 1. The predicted molar refractivity (Wildman–Crippen MR) is 101 cm³/mol. The number of benzene rings is 1. The zero-order valence-electron chi connectivity index (χ0n) is 13.3. The molecule has 1 aliphatic heterocycles. The quantitative estimate of drug-likeness (QED) is 0.761. The first-order valence-corrected chi connectivity index (χ1v) is 9.68. The fourth-order valence-electron chi connectivity index (χ4n) is 2.75. The molecular formula is C17H20Cl2N2O2S. The second-order valence-electron chi connectivity index (χ2n) is 5.80. The molecule has 2 aromatic rings. The third kappa shape index (κ3) is 4.41. The van der Waals surface area contributed by atoms with Gasteiger partial charge in [-0.25, -0.2) is 0 Å². The van der Waals surface area contributed by atoms with Crippen molar-refractivity contribution in [3.63, 3.8) is 0 Å². The van der Waals surface area contributed by atoms with Gasteiger partial charge in [-0.2, -0.15) is 0 Å². The van der Waals surface area contributed by atoms with Crippen molar-refractivity contribution >= 4 is 50.5 Å². The first-order valence-electron chi connectivity index (χ1n) is 8.11. The molecule has 1 amide bonds. The Bertz CT molecular complexity index is 714. The van der Waals surface area contributed by atoms with Gasteiger partial charge in [-0.15, -0.1) is 11.3 Å². The van der Waals surface area contributed by atoms with Crippen LogP contribution < -0.4 is 5.32 Å². The van der Waals surface area contributed by atoms with Crippen LogP contribution in [0.2, 0.25) is 10.0 Å². The number of morpholine rings is 1. The van der Waals surface area contributed by atoms with E-state index in [2.05, 4.69) is 10.2 Å². The molecule has 0 atom stereocenters. The Morgan fingerprint density at radius 3 is 2.83 bits per heavy atom. The molecule has 2 heterocycles. The standard InChI is InChI=1S/C17H20Cl2N2O2S/c18-12-3-4-13-14(11-12)24-16(15(13)19)17(22)20-5-1-2-6-21-7-9-23-10-8-21/h3-4,11H,1-2,5-10H2,(H,20,22). The van der Waals surface area contributed by atoms with Crippen LogP contribution in [0.4, 0.5) is 0 Å². The third-order valence-corrected chi connectivity index (χ3v) is 5.98. The monoisotopic (exact) mass is 386 g/mol. The molecule has 0 radical (unpaired) electrons. The Morgan fingerprint density at radius 2 is 2.04 bits per heavy atom. The fourth-order valence-corrected chi connectivity index (χ4v) is 4.46. The van der Waals surface area contributed by atoms with E-state index in [9.17, 15) is 4.79 Å². The van der Waals surface area contributed by atoms with Gasteiger partial charge in [-0.1, -0.05) is 29.3 Å². The molecule has 0 unspecified atom stereocenters. The van der Waals surface area contributed by atoms with Gasteiger partial charge in [0.05, 0.1) is 18.2 Å².